The van der Waals surface area contributed by atoms with Crippen molar-refractivity contribution in [2.45, 2.75) is 25.9 Å². The molecule has 0 aromatic heterocycles. The van der Waals surface area contributed by atoms with E-state index in [-0.39, 0.29) is 23.3 Å². The van der Waals surface area contributed by atoms with E-state index in [2.05, 4.69) is 5.32 Å². The molecule has 1 aliphatic carbocycles. The average Bonchev–Trinajstić information content (AvgIpc) is 2.40. The minimum Gasteiger partial charge on any atom is -0.393 e. The highest BCUT2D eigenvalue weighted by molar-refractivity contribution is 5.94. The van der Waals surface area contributed by atoms with Gasteiger partial charge in [0.2, 0.25) is 0 Å². The molecule has 1 aromatic carbocycles. The van der Waals surface area contributed by atoms with Gasteiger partial charge in [0, 0.05) is 25.7 Å². The first kappa shape index (κ1) is 15.7. The largest absolute Gasteiger partial charge is 0.393 e. The molecule has 6 heteroatoms. The van der Waals surface area contributed by atoms with Gasteiger partial charge in [-0.15, -0.1) is 0 Å². The van der Waals surface area contributed by atoms with Crippen molar-refractivity contribution in [1.29, 1.82) is 0 Å². The Kier molecular flexibility index (Phi) is 4.77. The standard InChI is InChI=1S/C15H20F2N2O2/c1-3-18-14-12(16)6-10(7-13(14)17)15(21)19(2)8-9-4-11(20)5-9/h6-7,9,11,18,20H,3-5,8H2,1-2H3. The van der Waals surface area contributed by atoms with Crippen LogP contribution in [0.25, 0.3) is 0 Å². The Labute approximate surface area is 122 Å². The molecule has 2 rings (SSSR count). The molecule has 0 saturated heterocycles. The van der Waals surface area contributed by atoms with Gasteiger partial charge in [-0.05, 0) is 37.8 Å². The third kappa shape index (κ3) is 3.50. The lowest BCUT2D eigenvalue weighted by Crippen LogP contribution is -2.39. The predicted molar refractivity (Wildman–Crippen MR) is 76.2 cm³/mol. The smallest absolute Gasteiger partial charge is 0.253 e. The van der Waals surface area contributed by atoms with Gasteiger partial charge >= 0.3 is 0 Å². The molecule has 0 atom stereocenters. The summed E-state index contributed by atoms with van der Waals surface area (Å²) in [5, 5.41) is 11.8. The lowest BCUT2D eigenvalue weighted by Gasteiger charge is -2.34. The van der Waals surface area contributed by atoms with E-state index < -0.39 is 17.5 Å². The van der Waals surface area contributed by atoms with E-state index in [1.165, 1.54) is 4.90 Å². The van der Waals surface area contributed by atoms with Crippen LogP contribution in [0.1, 0.15) is 30.1 Å². The van der Waals surface area contributed by atoms with Crippen LogP contribution in [0.5, 0.6) is 0 Å². The molecule has 1 aromatic rings. The van der Waals surface area contributed by atoms with E-state index in [1.54, 1.807) is 14.0 Å². The van der Waals surface area contributed by atoms with Gasteiger partial charge in [-0.25, -0.2) is 8.78 Å². The summed E-state index contributed by atoms with van der Waals surface area (Å²) in [4.78, 5) is 13.6. The lowest BCUT2D eigenvalue weighted by molar-refractivity contribution is 0.0265. The van der Waals surface area contributed by atoms with Crippen molar-refractivity contribution in [2.75, 3.05) is 25.5 Å². The highest BCUT2D eigenvalue weighted by Gasteiger charge is 2.29. The summed E-state index contributed by atoms with van der Waals surface area (Å²) in [7, 11) is 1.60. The first-order chi connectivity index (χ1) is 9.92. The normalized spacial score (nSPS) is 20.8. The number of anilines is 1. The van der Waals surface area contributed by atoms with Crippen molar-refractivity contribution in [2.24, 2.45) is 5.92 Å². The van der Waals surface area contributed by atoms with Crippen LogP contribution in [0, 0.1) is 17.6 Å². The van der Waals surface area contributed by atoms with E-state index in [4.69, 9.17) is 0 Å². The molecule has 0 heterocycles. The van der Waals surface area contributed by atoms with Crippen LogP contribution in [-0.2, 0) is 0 Å². The number of hydrogen-bond acceptors (Lipinski definition) is 3. The zero-order valence-electron chi connectivity index (χ0n) is 12.2. The maximum atomic E-state index is 13.8. The van der Waals surface area contributed by atoms with Crippen LogP contribution in [0.3, 0.4) is 0 Å². The van der Waals surface area contributed by atoms with Gasteiger partial charge in [0.25, 0.3) is 5.91 Å². The Balaban J connectivity index is 2.08. The molecule has 0 bridgehead atoms. The topological polar surface area (TPSA) is 52.6 Å². The fourth-order valence-electron chi connectivity index (χ4n) is 2.58. The quantitative estimate of drug-likeness (QED) is 0.876. The molecule has 1 amide bonds. The molecule has 0 unspecified atom stereocenters. The van der Waals surface area contributed by atoms with Crippen LogP contribution in [0.2, 0.25) is 0 Å². The monoisotopic (exact) mass is 298 g/mol. The molecular formula is C15H20F2N2O2. The summed E-state index contributed by atoms with van der Waals surface area (Å²) < 4.78 is 27.6. The number of carbonyl (C=O) groups is 1. The SMILES string of the molecule is CCNc1c(F)cc(C(=O)N(C)CC2CC(O)C2)cc1F. The van der Waals surface area contributed by atoms with Crippen molar-refractivity contribution >= 4 is 11.6 Å². The Bertz CT molecular complexity index is 507. The minimum absolute atomic E-state index is 0.00553. The van der Waals surface area contributed by atoms with Gasteiger partial charge in [-0.1, -0.05) is 0 Å². The third-order valence-corrected chi connectivity index (χ3v) is 3.73. The first-order valence-corrected chi connectivity index (χ1v) is 7.08. The van der Waals surface area contributed by atoms with E-state index >= 15 is 0 Å². The number of aliphatic hydroxyl groups excluding tert-OH is 1. The van der Waals surface area contributed by atoms with Crippen LogP contribution in [-0.4, -0.2) is 42.2 Å². The van der Waals surface area contributed by atoms with Crippen molar-refractivity contribution in [3.05, 3.63) is 29.3 Å². The second kappa shape index (κ2) is 6.39. The molecule has 0 radical (unpaired) electrons. The van der Waals surface area contributed by atoms with Gasteiger partial charge in [0.15, 0.2) is 0 Å². The van der Waals surface area contributed by atoms with Crippen molar-refractivity contribution in [3.8, 4) is 0 Å². The van der Waals surface area contributed by atoms with Crippen molar-refractivity contribution < 1.29 is 18.7 Å². The molecule has 0 aliphatic heterocycles. The number of nitrogens with one attached hydrogen (secondary N) is 1. The highest BCUT2D eigenvalue weighted by atomic mass is 19.1. The molecule has 2 N–H and O–H groups in total. The number of nitrogens with zero attached hydrogens (tertiary/aromatic N) is 1. The van der Waals surface area contributed by atoms with Crippen molar-refractivity contribution in [1.82, 2.24) is 4.90 Å². The van der Waals surface area contributed by atoms with Gasteiger partial charge in [0.1, 0.15) is 17.3 Å². The predicted octanol–water partition coefficient (Wildman–Crippen LogP) is 2.24. The third-order valence-electron chi connectivity index (χ3n) is 3.73. The van der Waals surface area contributed by atoms with Gasteiger partial charge < -0.3 is 15.3 Å². The summed E-state index contributed by atoms with van der Waals surface area (Å²) in [5.41, 5.74) is -0.215. The van der Waals surface area contributed by atoms with Crippen molar-refractivity contribution in [3.63, 3.8) is 0 Å². The summed E-state index contributed by atoms with van der Waals surface area (Å²) in [6.07, 6.45) is 1.05. The molecule has 0 spiro atoms. The minimum atomic E-state index is -0.771. The second-order valence-electron chi connectivity index (χ2n) is 5.52. The number of rotatable bonds is 5. The summed E-state index contributed by atoms with van der Waals surface area (Å²) >= 11 is 0. The van der Waals surface area contributed by atoms with Crippen LogP contribution >= 0.6 is 0 Å². The molecule has 21 heavy (non-hydrogen) atoms. The second-order valence-corrected chi connectivity index (χ2v) is 5.52. The summed E-state index contributed by atoms with van der Waals surface area (Å²) in [6, 6.07) is 2.10. The number of amides is 1. The van der Waals surface area contributed by atoms with Gasteiger partial charge in [-0.3, -0.25) is 4.79 Å². The van der Waals surface area contributed by atoms with E-state index in [0.717, 1.165) is 12.1 Å². The summed E-state index contributed by atoms with van der Waals surface area (Å²) in [5.74, 6) is -1.71. The molecule has 1 saturated carbocycles. The van der Waals surface area contributed by atoms with E-state index in [9.17, 15) is 18.7 Å². The number of halogens is 2. The Morgan fingerprint density at radius 3 is 2.43 bits per heavy atom. The Morgan fingerprint density at radius 2 is 1.95 bits per heavy atom. The molecule has 1 fully saturated rings. The van der Waals surface area contributed by atoms with E-state index in [0.29, 0.717) is 25.9 Å². The molecule has 4 nitrogen and oxygen atoms in total. The number of aliphatic hydroxyl groups is 1. The fraction of sp³-hybridized carbons (Fsp3) is 0.533. The van der Waals surface area contributed by atoms with Crippen LogP contribution in [0.4, 0.5) is 14.5 Å². The average molecular weight is 298 g/mol. The number of hydrogen-bond donors (Lipinski definition) is 2. The Morgan fingerprint density at radius 1 is 1.38 bits per heavy atom. The zero-order valence-corrected chi connectivity index (χ0v) is 12.2. The van der Waals surface area contributed by atoms with Crippen LogP contribution in [0.15, 0.2) is 12.1 Å². The number of benzene rings is 1. The maximum Gasteiger partial charge on any atom is 0.253 e. The first-order valence-electron chi connectivity index (χ1n) is 7.08. The van der Waals surface area contributed by atoms with Gasteiger partial charge in [0.05, 0.1) is 6.10 Å². The number of carbonyl (C=O) groups excluding carboxylic acids is 1. The van der Waals surface area contributed by atoms with Crippen LogP contribution < -0.4 is 5.32 Å². The maximum absolute atomic E-state index is 13.8. The molecule has 1 aliphatic rings. The van der Waals surface area contributed by atoms with Gasteiger partial charge in [-0.2, -0.15) is 0 Å². The molecular weight excluding hydrogens is 278 g/mol. The summed E-state index contributed by atoms with van der Waals surface area (Å²) in [6.45, 7) is 2.61. The zero-order chi connectivity index (χ0) is 15.6. The Hall–Kier alpha value is -1.69. The van der Waals surface area contributed by atoms with E-state index in [1.807, 2.05) is 0 Å². The molecule has 116 valence electrons. The lowest BCUT2D eigenvalue weighted by atomic mass is 9.82. The highest BCUT2D eigenvalue weighted by Crippen LogP contribution is 2.28. The fourth-order valence-corrected chi connectivity index (χ4v) is 2.58.